The van der Waals surface area contributed by atoms with Crippen molar-refractivity contribution in [2.24, 2.45) is 5.92 Å². The van der Waals surface area contributed by atoms with Crippen LogP contribution in [0.15, 0.2) is 24.4 Å². The van der Waals surface area contributed by atoms with Crippen molar-refractivity contribution in [1.29, 1.82) is 0 Å². The summed E-state index contributed by atoms with van der Waals surface area (Å²) in [6.07, 6.45) is 2.60. The minimum absolute atomic E-state index is 0.313. The number of alkyl carbamates (subject to hydrolysis) is 1. The first-order valence-corrected chi connectivity index (χ1v) is 7.97. The number of hydrogen-bond acceptors (Lipinski definition) is 4. The van der Waals surface area contributed by atoms with Crippen LogP contribution in [-0.2, 0) is 4.74 Å². The number of rotatable bonds is 4. The largest absolute Gasteiger partial charge is 0.444 e. The molecule has 1 aromatic rings. The number of carbonyl (C=O) groups excluding carboxylic acids is 1. The van der Waals surface area contributed by atoms with Gasteiger partial charge in [0.15, 0.2) is 0 Å². The van der Waals surface area contributed by atoms with Crippen LogP contribution in [0.1, 0.15) is 45.9 Å². The van der Waals surface area contributed by atoms with E-state index in [1.165, 1.54) is 0 Å². The van der Waals surface area contributed by atoms with E-state index in [9.17, 15) is 4.79 Å². The van der Waals surface area contributed by atoms with Crippen LogP contribution < -0.4 is 5.32 Å². The summed E-state index contributed by atoms with van der Waals surface area (Å²) >= 11 is 0. The predicted octanol–water partition coefficient (Wildman–Crippen LogP) is 2.99. The summed E-state index contributed by atoms with van der Waals surface area (Å²) in [6.45, 7) is 10.5. The van der Waals surface area contributed by atoms with Crippen LogP contribution >= 0.6 is 0 Å². The molecule has 1 aliphatic rings. The van der Waals surface area contributed by atoms with Gasteiger partial charge in [-0.25, -0.2) is 4.79 Å². The number of aromatic nitrogens is 1. The SMILES string of the molecule is C[C@@H](c1ccccn1)N1CC[C@H](CNC(=O)OC(C)(C)C)C1. The number of ether oxygens (including phenoxy) is 1. The molecule has 1 aromatic heterocycles. The number of pyridine rings is 1. The molecule has 0 aromatic carbocycles. The molecule has 5 nitrogen and oxygen atoms in total. The molecule has 2 atom stereocenters. The molecule has 122 valence electrons. The van der Waals surface area contributed by atoms with E-state index in [4.69, 9.17) is 4.74 Å². The Balaban J connectivity index is 1.77. The lowest BCUT2D eigenvalue weighted by atomic mass is 10.1. The third kappa shape index (κ3) is 4.98. The van der Waals surface area contributed by atoms with E-state index in [-0.39, 0.29) is 6.09 Å². The molecule has 5 heteroatoms. The molecule has 22 heavy (non-hydrogen) atoms. The molecule has 2 heterocycles. The predicted molar refractivity (Wildman–Crippen MR) is 86.6 cm³/mol. The van der Waals surface area contributed by atoms with Gasteiger partial charge < -0.3 is 10.1 Å². The number of nitrogens with one attached hydrogen (secondary N) is 1. The first-order valence-electron chi connectivity index (χ1n) is 7.97. The summed E-state index contributed by atoms with van der Waals surface area (Å²) in [5, 5.41) is 2.88. The summed E-state index contributed by atoms with van der Waals surface area (Å²) in [4.78, 5) is 18.5. The highest BCUT2D eigenvalue weighted by atomic mass is 16.6. The fourth-order valence-electron chi connectivity index (χ4n) is 2.73. The maximum atomic E-state index is 11.7. The lowest BCUT2D eigenvalue weighted by Gasteiger charge is -2.24. The van der Waals surface area contributed by atoms with Gasteiger partial charge in [0.05, 0.1) is 5.69 Å². The molecule has 2 rings (SSSR count). The molecule has 1 N–H and O–H groups in total. The molecule has 1 saturated heterocycles. The fraction of sp³-hybridized carbons (Fsp3) is 0.647. The topological polar surface area (TPSA) is 54.5 Å². The van der Waals surface area contributed by atoms with Gasteiger partial charge in [-0.1, -0.05) is 6.07 Å². The molecule has 1 fully saturated rings. The second-order valence-corrected chi connectivity index (χ2v) is 6.96. The minimum atomic E-state index is -0.445. The quantitative estimate of drug-likeness (QED) is 0.929. The van der Waals surface area contributed by atoms with Crippen molar-refractivity contribution in [2.45, 2.75) is 45.8 Å². The number of hydrogen-bond donors (Lipinski definition) is 1. The van der Waals surface area contributed by atoms with E-state index in [1.807, 2.05) is 39.1 Å². The molecule has 0 saturated carbocycles. The number of nitrogens with zero attached hydrogens (tertiary/aromatic N) is 2. The molecular weight excluding hydrogens is 278 g/mol. The van der Waals surface area contributed by atoms with E-state index < -0.39 is 5.60 Å². The monoisotopic (exact) mass is 305 g/mol. The van der Waals surface area contributed by atoms with Gasteiger partial charge in [-0.2, -0.15) is 0 Å². The zero-order valence-electron chi connectivity index (χ0n) is 14.0. The first-order chi connectivity index (χ1) is 10.3. The van der Waals surface area contributed by atoms with Gasteiger partial charge in [-0.3, -0.25) is 9.88 Å². The molecular formula is C17H27N3O2. The van der Waals surface area contributed by atoms with E-state index in [1.54, 1.807) is 0 Å². The van der Waals surface area contributed by atoms with Crippen molar-refractivity contribution in [1.82, 2.24) is 15.2 Å². The van der Waals surface area contributed by atoms with Crippen LogP contribution in [0, 0.1) is 5.92 Å². The van der Waals surface area contributed by atoms with Crippen LogP contribution in [-0.4, -0.2) is 41.2 Å². The molecule has 0 unspecified atom stereocenters. The first kappa shape index (κ1) is 16.7. The Kier molecular flexibility index (Phi) is 5.40. The number of amides is 1. The Morgan fingerprint density at radius 2 is 2.27 bits per heavy atom. The van der Waals surface area contributed by atoms with Crippen LogP contribution in [0.25, 0.3) is 0 Å². The molecule has 0 radical (unpaired) electrons. The van der Waals surface area contributed by atoms with E-state index in [2.05, 4.69) is 28.2 Å². The number of carbonyl (C=O) groups is 1. The third-order valence-corrected chi connectivity index (χ3v) is 3.91. The van der Waals surface area contributed by atoms with Gasteiger partial charge in [0.25, 0.3) is 0 Å². The lowest BCUT2D eigenvalue weighted by Crippen LogP contribution is -2.36. The van der Waals surface area contributed by atoms with Crippen molar-refractivity contribution >= 4 is 6.09 Å². The Labute approximate surface area is 133 Å². The lowest BCUT2D eigenvalue weighted by molar-refractivity contribution is 0.0519. The van der Waals surface area contributed by atoms with Crippen molar-refractivity contribution < 1.29 is 9.53 Å². The molecule has 1 aliphatic heterocycles. The summed E-state index contributed by atoms with van der Waals surface area (Å²) < 4.78 is 5.27. The van der Waals surface area contributed by atoms with E-state index in [0.29, 0.717) is 18.5 Å². The molecule has 0 aliphatic carbocycles. The summed E-state index contributed by atoms with van der Waals surface area (Å²) in [6, 6.07) is 6.34. The highest BCUT2D eigenvalue weighted by Gasteiger charge is 2.28. The summed E-state index contributed by atoms with van der Waals surface area (Å²) in [7, 11) is 0. The van der Waals surface area contributed by atoms with Gasteiger partial charge in [0.2, 0.25) is 0 Å². The zero-order valence-corrected chi connectivity index (χ0v) is 14.0. The van der Waals surface area contributed by atoms with Crippen molar-refractivity contribution in [3.63, 3.8) is 0 Å². The van der Waals surface area contributed by atoms with Crippen LogP contribution in [0.2, 0.25) is 0 Å². The molecule has 0 bridgehead atoms. The Morgan fingerprint density at radius 1 is 1.50 bits per heavy atom. The molecule has 1 amide bonds. The number of likely N-dealkylation sites (tertiary alicyclic amines) is 1. The molecule has 0 spiro atoms. The smallest absolute Gasteiger partial charge is 0.407 e. The highest BCUT2D eigenvalue weighted by Crippen LogP contribution is 2.25. The van der Waals surface area contributed by atoms with E-state index >= 15 is 0 Å². The third-order valence-electron chi connectivity index (χ3n) is 3.91. The van der Waals surface area contributed by atoms with E-state index in [0.717, 1.165) is 25.2 Å². The van der Waals surface area contributed by atoms with Crippen molar-refractivity contribution in [2.75, 3.05) is 19.6 Å². The second-order valence-electron chi connectivity index (χ2n) is 6.96. The van der Waals surface area contributed by atoms with Gasteiger partial charge in [0.1, 0.15) is 5.60 Å². The van der Waals surface area contributed by atoms with Gasteiger partial charge in [-0.15, -0.1) is 0 Å². The second kappa shape index (κ2) is 7.09. The summed E-state index contributed by atoms with van der Waals surface area (Å²) in [5.41, 5.74) is 0.655. The van der Waals surface area contributed by atoms with Crippen LogP contribution in [0.5, 0.6) is 0 Å². The Bertz CT molecular complexity index is 484. The maximum Gasteiger partial charge on any atom is 0.407 e. The minimum Gasteiger partial charge on any atom is -0.444 e. The van der Waals surface area contributed by atoms with Crippen molar-refractivity contribution in [3.05, 3.63) is 30.1 Å². The average molecular weight is 305 g/mol. The van der Waals surface area contributed by atoms with Crippen LogP contribution in [0.4, 0.5) is 4.79 Å². The Hall–Kier alpha value is -1.62. The van der Waals surface area contributed by atoms with Crippen molar-refractivity contribution in [3.8, 4) is 0 Å². The summed E-state index contributed by atoms with van der Waals surface area (Å²) in [5.74, 6) is 0.471. The van der Waals surface area contributed by atoms with Gasteiger partial charge in [-0.05, 0) is 58.7 Å². The van der Waals surface area contributed by atoms with Crippen LogP contribution in [0.3, 0.4) is 0 Å². The highest BCUT2D eigenvalue weighted by molar-refractivity contribution is 5.67. The standard InChI is InChI=1S/C17H27N3O2/c1-13(15-7-5-6-9-18-15)20-10-8-14(12-20)11-19-16(21)22-17(2,3)4/h5-7,9,13-14H,8,10-12H2,1-4H3,(H,19,21)/t13-,14+/m0/s1. The fourth-order valence-corrected chi connectivity index (χ4v) is 2.73. The Morgan fingerprint density at radius 3 is 2.91 bits per heavy atom. The zero-order chi connectivity index (χ0) is 16.2. The van der Waals surface area contributed by atoms with Gasteiger partial charge in [0, 0.05) is 25.3 Å². The average Bonchev–Trinajstić information content (AvgIpc) is 2.92. The maximum absolute atomic E-state index is 11.7. The normalized spacial score (nSPS) is 20.6. The van der Waals surface area contributed by atoms with Gasteiger partial charge >= 0.3 is 6.09 Å².